The number of ether oxygens (including phenoxy) is 3. The van der Waals surface area contributed by atoms with Gasteiger partial charge in [-0.1, -0.05) is 13.8 Å². The number of rotatable bonds is 6. The van der Waals surface area contributed by atoms with Crippen LogP contribution in [0.25, 0.3) is 11.3 Å². The fourth-order valence-corrected chi connectivity index (χ4v) is 4.38. The summed E-state index contributed by atoms with van der Waals surface area (Å²) in [5.74, 6) is 0.336. The molecule has 0 spiro atoms. The summed E-state index contributed by atoms with van der Waals surface area (Å²) in [6.07, 6.45) is 3.16. The maximum atomic E-state index is 12.7. The lowest BCUT2D eigenvalue weighted by Crippen LogP contribution is -2.29. The molecule has 1 aromatic carbocycles. The van der Waals surface area contributed by atoms with Gasteiger partial charge in [0.05, 0.1) is 32.1 Å². The van der Waals surface area contributed by atoms with E-state index in [1.54, 1.807) is 13.1 Å². The summed E-state index contributed by atoms with van der Waals surface area (Å²) in [5, 5.41) is 9.97. The maximum absolute atomic E-state index is 12.7. The van der Waals surface area contributed by atoms with Crippen LogP contribution in [0.3, 0.4) is 0 Å². The number of pyridine rings is 1. The summed E-state index contributed by atoms with van der Waals surface area (Å²) in [4.78, 5) is 25.0. The third-order valence-corrected chi connectivity index (χ3v) is 6.05. The zero-order valence-electron chi connectivity index (χ0n) is 18.2. The van der Waals surface area contributed by atoms with Crippen molar-refractivity contribution in [2.45, 2.75) is 52.4 Å². The van der Waals surface area contributed by atoms with Gasteiger partial charge in [0, 0.05) is 35.9 Å². The highest BCUT2D eigenvalue weighted by Gasteiger charge is 2.30. The fourth-order valence-electron chi connectivity index (χ4n) is 4.38. The van der Waals surface area contributed by atoms with Gasteiger partial charge in [0.25, 0.3) is 0 Å². The second kappa shape index (κ2) is 8.85. The molecular formula is C24H29NO6. The average molecular weight is 427 g/mol. The van der Waals surface area contributed by atoms with Gasteiger partial charge in [0.1, 0.15) is 17.4 Å². The maximum Gasteiger partial charge on any atom is 0.343 e. The largest absolute Gasteiger partial charge is 0.488 e. The van der Waals surface area contributed by atoms with E-state index in [1.165, 1.54) is 6.07 Å². The Morgan fingerprint density at radius 3 is 2.77 bits per heavy atom. The molecule has 4 rings (SSSR count). The van der Waals surface area contributed by atoms with Crippen LogP contribution in [0.2, 0.25) is 0 Å². The number of aliphatic hydroxyl groups is 1. The number of hydrogen-bond donors (Lipinski definition) is 1. The molecule has 7 heteroatoms. The van der Waals surface area contributed by atoms with Gasteiger partial charge in [-0.25, -0.2) is 4.79 Å². The molecular weight excluding hydrogens is 398 g/mol. The Hall–Kier alpha value is -2.64. The quantitative estimate of drug-likeness (QED) is 0.713. The van der Waals surface area contributed by atoms with Crippen LogP contribution in [0, 0.1) is 5.92 Å². The number of aliphatic hydroxyl groups excluding tert-OH is 1. The van der Waals surface area contributed by atoms with Gasteiger partial charge >= 0.3 is 5.97 Å². The minimum atomic E-state index is -0.602. The molecule has 0 amide bonds. The highest BCUT2D eigenvalue weighted by Crippen LogP contribution is 2.40. The van der Waals surface area contributed by atoms with Crippen molar-refractivity contribution in [3.63, 3.8) is 0 Å². The van der Waals surface area contributed by atoms with E-state index in [2.05, 4.69) is 13.8 Å². The molecule has 1 saturated heterocycles. The van der Waals surface area contributed by atoms with Crippen molar-refractivity contribution in [2.24, 2.45) is 5.92 Å². The van der Waals surface area contributed by atoms with Crippen molar-refractivity contribution in [1.29, 1.82) is 0 Å². The molecule has 0 radical (unpaired) electrons. The Morgan fingerprint density at radius 2 is 2.13 bits per heavy atom. The van der Waals surface area contributed by atoms with Gasteiger partial charge in [-0.3, -0.25) is 4.79 Å². The first-order valence-electron chi connectivity index (χ1n) is 10.9. The number of benzene rings is 1. The predicted molar refractivity (Wildman–Crippen MR) is 115 cm³/mol. The molecule has 1 aromatic heterocycles. The molecule has 1 unspecified atom stereocenters. The van der Waals surface area contributed by atoms with Crippen LogP contribution in [0.5, 0.6) is 5.75 Å². The molecule has 0 saturated carbocycles. The van der Waals surface area contributed by atoms with Crippen molar-refractivity contribution in [1.82, 2.24) is 4.57 Å². The molecule has 3 heterocycles. The first-order valence-corrected chi connectivity index (χ1v) is 10.9. The van der Waals surface area contributed by atoms with Crippen molar-refractivity contribution >= 4 is 5.97 Å². The Labute approximate surface area is 181 Å². The van der Waals surface area contributed by atoms with Crippen LogP contribution in [-0.2, 0) is 22.5 Å². The van der Waals surface area contributed by atoms with Gasteiger partial charge in [0.2, 0.25) is 0 Å². The number of carbonyl (C=O) groups excluding carboxylic acids is 1. The summed E-state index contributed by atoms with van der Waals surface area (Å²) in [6.45, 7) is 7.23. The van der Waals surface area contributed by atoms with E-state index in [9.17, 15) is 14.7 Å². The Balaban J connectivity index is 1.82. The van der Waals surface area contributed by atoms with E-state index in [-0.39, 0.29) is 42.3 Å². The van der Waals surface area contributed by atoms with E-state index >= 15 is 0 Å². The van der Waals surface area contributed by atoms with Crippen LogP contribution < -0.4 is 10.2 Å². The lowest BCUT2D eigenvalue weighted by Gasteiger charge is -2.34. The van der Waals surface area contributed by atoms with Gasteiger partial charge in [-0.05, 0) is 37.0 Å². The number of fused-ring (bicyclic) bond motifs is 3. The molecule has 1 N–H and O–H groups in total. The molecule has 31 heavy (non-hydrogen) atoms. The van der Waals surface area contributed by atoms with Gasteiger partial charge < -0.3 is 23.9 Å². The summed E-state index contributed by atoms with van der Waals surface area (Å²) < 4.78 is 18.6. The van der Waals surface area contributed by atoms with Crippen molar-refractivity contribution in [2.75, 3.05) is 19.8 Å². The average Bonchev–Trinajstić information content (AvgIpc) is 3.25. The Bertz CT molecular complexity index is 1040. The van der Waals surface area contributed by atoms with Crippen molar-refractivity contribution in [3.8, 4) is 17.0 Å². The van der Waals surface area contributed by atoms with E-state index in [0.717, 1.165) is 29.7 Å². The zero-order chi connectivity index (χ0) is 22.1. The highest BCUT2D eigenvalue weighted by atomic mass is 16.5. The Morgan fingerprint density at radius 1 is 1.32 bits per heavy atom. The molecule has 2 aromatic rings. The lowest BCUT2D eigenvalue weighted by molar-refractivity contribution is 0.0523. The first kappa shape index (κ1) is 21.6. The number of aromatic nitrogens is 1. The summed E-state index contributed by atoms with van der Waals surface area (Å²) in [7, 11) is 0. The lowest BCUT2D eigenvalue weighted by atomic mass is 9.86. The monoisotopic (exact) mass is 427 g/mol. The summed E-state index contributed by atoms with van der Waals surface area (Å²) >= 11 is 0. The van der Waals surface area contributed by atoms with Crippen LogP contribution >= 0.6 is 0 Å². The minimum Gasteiger partial charge on any atom is -0.488 e. The van der Waals surface area contributed by atoms with Gasteiger partial charge in [-0.15, -0.1) is 0 Å². The fraction of sp³-hybridized carbons (Fsp3) is 0.500. The SMILES string of the molecule is CCOC(=O)c1cn2c(cc1=O)-c1cc(CO)c(O[C@@H]3CCOC3)cc1CC2C(C)C. The van der Waals surface area contributed by atoms with E-state index in [0.29, 0.717) is 24.5 Å². The third kappa shape index (κ3) is 4.12. The first-order chi connectivity index (χ1) is 14.9. The minimum absolute atomic E-state index is 0.0186. The second-order valence-corrected chi connectivity index (χ2v) is 8.46. The van der Waals surface area contributed by atoms with Crippen LogP contribution in [0.15, 0.2) is 29.2 Å². The van der Waals surface area contributed by atoms with Crippen LogP contribution in [0.4, 0.5) is 0 Å². The molecule has 2 aliphatic rings. The number of hydrogen-bond acceptors (Lipinski definition) is 6. The summed E-state index contributed by atoms with van der Waals surface area (Å²) in [6, 6.07) is 5.46. The Kier molecular flexibility index (Phi) is 6.16. The third-order valence-electron chi connectivity index (χ3n) is 6.05. The van der Waals surface area contributed by atoms with Crippen LogP contribution in [0.1, 0.15) is 54.7 Å². The molecule has 0 aliphatic carbocycles. The second-order valence-electron chi connectivity index (χ2n) is 8.46. The van der Waals surface area contributed by atoms with E-state index < -0.39 is 5.97 Å². The zero-order valence-corrected chi connectivity index (χ0v) is 18.2. The van der Waals surface area contributed by atoms with Gasteiger partial charge in [-0.2, -0.15) is 0 Å². The van der Waals surface area contributed by atoms with Crippen molar-refractivity contribution < 1.29 is 24.1 Å². The van der Waals surface area contributed by atoms with Crippen LogP contribution in [-0.4, -0.2) is 41.6 Å². The smallest absolute Gasteiger partial charge is 0.343 e. The van der Waals surface area contributed by atoms with E-state index in [4.69, 9.17) is 14.2 Å². The standard InChI is InChI=1S/C24H29NO6/c1-4-30-24(28)19-11-25-20(14(2)3)8-15-9-23(31-17-5-6-29-13-17)16(12-26)7-18(15)21(25)10-22(19)27/h7,9-11,14,17,20,26H,4-6,8,12-13H2,1-3H3/t17-,20?/m1/s1. The number of nitrogens with zero attached hydrogens (tertiary/aromatic N) is 1. The summed E-state index contributed by atoms with van der Waals surface area (Å²) in [5.41, 5.74) is 3.03. The van der Waals surface area contributed by atoms with Crippen molar-refractivity contribution in [3.05, 3.63) is 51.3 Å². The molecule has 2 aliphatic heterocycles. The molecule has 2 atom stereocenters. The number of esters is 1. The topological polar surface area (TPSA) is 87.0 Å². The normalized spacial score (nSPS) is 19.8. The van der Waals surface area contributed by atoms with E-state index in [1.807, 2.05) is 16.7 Å². The highest BCUT2D eigenvalue weighted by molar-refractivity contribution is 5.89. The molecule has 7 nitrogen and oxygen atoms in total. The molecule has 1 fully saturated rings. The van der Waals surface area contributed by atoms with Gasteiger partial charge in [0.15, 0.2) is 5.43 Å². The molecule has 0 bridgehead atoms. The molecule has 166 valence electrons. The predicted octanol–water partition coefficient (Wildman–Crippen LogP) is 3.11. The number of carbonyl (C=O) groups is 1.